The number of urea groups is 1. The third-order valence-electron chi connectivity index (χ3n) is 3.42. The largest absolute Gasteiger partial charge is 0.481 e. The molecule has 8 heteroatoms. The topological polar surface area (TPSA) is 117 Å². The number of hydrogen-bond donors (Lipinski definition) is 3. The molecule has 2 amide bonds. The second-order valence-corrected chi connectivity index (χ2v) is 4.85. The Hall–Kier alpha value is -2.12. The maximum Gasteiger partial charge on any atom is 0.329 e. The molecule has 0 aromatic carbocycles. The van der Waals surface area contributed by atoms with Crippen molar-refractivity contribution in [3.05, 3.63) is 5.82 Å². The molecule has 0 atom stereocenters. The zero-order chi connectivity index (χ0) is 14.5. The number of amides is 2. The highest BCUT2D eigenvalue weighted by Gasteiger charge is 2.26. The van der Waals surface area contributed by atoms with Crippen LogP contribution in [-0.4, -0.2) is 33.3 Å². The van der Waals surface area contributed by atoms with Crippen LogP contribution in [0.1, 0.15) is 38.4 Å². The molecule has 0 aliphatic heterocycles. The number of nitrogens with zero attached hydrogens (tertiary/aromatic N) is 2. The molecule has 1 saturated carbocycles. The van der Waals surface area contributed by atoms with Crippen LogP contribution in [0.15, 0.2) is 4.52 Å². The number of aliphatic carboxylic acids is 1. The van der Waals surface area contributed by atoms with Gasteiger partial charge in [-0.15, -0.1) is 0 Å². The van der Waals surface area contributed by atoms with E-state index in [1.54, 1.807) is 0 Å². The van der Waals surface area contributed by atoms with E-state index in [2.05, 4.69) is 20.8 Å². The first-order valence-electron chi connectivity index (χ1n) is 6.71. The summed E-state index contributed by atoms with van der Waals surface area (Å²) in [5.41, 5.74) is 0. The molecule has 110 valence electrons. The van der Waals surface area contributed by atoms with E-state index in [-0.39, 0.29) is 18.0 Å². The van der Waals surface area contributed by atoms with Crippen molar-refractivity contribution in [3.8, 4) is 0 Å². The predicted octanol–water partition coefficient (Wildman–Crippen LogP) is 1.40. The van der Waals surface area contributed by atoms with Crippen molar-refractivity contribution >= 4 is 18.0 Å². The standard InChI is InChI=1S/C12H18N4O4/c1-2-9-14-12(20-16-9)15-11(19)13-8-5-3-7(4-6-8)10(17)18/h7-8H,2-6H2,1H3,(H,17,18)(H2,13,14,15,16,19). The first-order chi connectivity index (χ1) is 9.58. The Morgan fingerprint density at radius 3 is 2.60 bits per heavy atom. The van der Waals surface area contributed by atoms with Crippen LogP contribution in [0.5, 0.6) is 0 Å². The summed E-state index contributed by atoms with van der Waals surface area (Å²) in [5, 5.41) is 17.8. The van der Waals surface area contributed by atoms with Crippen molar-refractivity contribution < 1.29 is 19.2 Å². The highest BCUT2D eigenvalue weighted by molar-refractivity contribution is 5.87. The molecule has 1 fully saturated rings. The molecular weight excluding hydrogens is 264 g/mol. The number of carboxylic acid groups (broad SMARTS) is 1. The minimum atomic E-state index is -0.758. The number of carboxylic acids is 1. The lowest BCUT2D eigenvalue weighted by Gasteiger charge is -2.26. The average Bonchev–Trinajstić information content (AvgIpc) is 2.86. The Bertz CT molecular complexity index is 480. The highest BCUT2D eigenvalue weighted by atomic mass is 16.5. The molecule has 20 heavy (non-hydrogen) atoms. The quantitative estimate of drug-likeness (QED) is 0.768. The predicted molar refractivity (Wildman–Crippen MR) is 69.2 cm³/mol. The minimum absolute atomic E-state index is 0.0147. The van der Waals surface area contributed by atoms with Crippen LogP contribution >= 0.6 is 0 Å². The van der Waals surface area contributed by atoms with Gasteiger partial charge < -0.3 is 14.9 Å². The van der Waals surface area contributed by atoms with Gasteiger partial charge in [0, 0.05) is 12.5 Å². The van der Waals surface area contributed by atoms with Crippen molar-refractivity contribution in [1.29, 1.82) is 0 Å². The first kappa shape index (κ1) is 14.3. The molecule has 2 rings (SSSR count). The Kier molecular flexibility index (Phi) is 4.54. The summed E-state index contributed by atoms with van der Waals surface area (Å²) in [4.78, 5) is 26.5. The summed E-state index contributed by atoms with van der Waals surface area (Å²) >= 11 is 0. The van der Waals surface area contributed by atoms with Gasteiger partial charge in [-0.2, -0.15) is 4.98 Å². The second kappa shape index (κ2) is 6.36. The van der Waals surface area contributed by atoms with Crippen molar-refractivity contribution in [1.82, 2.24) is 15.5 Å². The number of aryl methyl sites for hydroxylation is 1. The molecule has 0 spiro atoms. The summed E-state index contributed by atoms with van der Waals surface area (Å²) < 4.78 is 4.85. The lowest BCUT2D eigenvalue weighted by atomic mass is 9.86. The zero-order valence-electron chi connectivity index (χ0n) is 11.3. The number of nitrogens with one attached hydrogen (secondary N) is 2. The van der Waals surface area contributed by atoms with Crippen molar-refractivity contribution in [2.24, 2.45) is 5.92 Å². The zero-order valence-corrected chi connectivity index (χ0v) is 11.3. The van der Waals surface area contributed by atoms with E-state index in [1.165, 1.54) is 0 Å². The van der Waals surface area contributed by atoms with Gasteiger partial charge in [0.25, 0.3) is 0 Å². The first-order valence-corrected chi connectivity index (χ1v) is 6.71. The molecule has 1 aromatic heterocycles. The van der Waals surface area contributed by atoms with Gasteiger partial charge in [-0.05, 0) is 25.7 Å². The summed E-state index contributed by atoms with van der Waals surface area (Å²) in [6.07, 6.45) is 3.12. The summed E-state index contributed by atoms with van der Waals surface area (Å²) in [6.45, 7) is 1.88. The molecule has 1 aromatic rings. The summed E-state index contributed by atoms with van der Waals surface area (Å²) in [7, 11) is 0. The molecule has 0 bridgehead atoms. The number of carbonyl (C=O) groups excluding carboxylic acids is 1. The maximum atomic E-state index is 11.7. The SMILES string of the molecule is CCc1noc(NC(=O)NC2CCC(C(=O)O)CC2)n1. The molecule has 1 heterocycles. The van der Waals surface area contributed by atoms with Gasteiger partial charge in [0.05, 0.1) is 5.92 Å². The number of aromatic nitrogens is 2. The monoisotopic (exact) mass is 282 g/mol. The number of carbonyl (C=O) groups is 2. The van der Waals surface area contributed by atoms with Gasteiger partial charge in [-0.25, -0.2) is 4.79 Å². The van der Waals surface area contributed by atoms with Crippen LogP contribution in [0.3, 0.4) is 0 Å². The molecule has 0 saturated heterocycles. The Labute approximate surface area is 115 Å². The van der Waals surface area contributed by atoms with Gasteiger partial charge >= 0.3 is 18.0 Å². The fourth-order valence-electron chi connectivity index (χ4n) is 2.25. The smallest absolute Gasteiger partial charge is 0.329 e. The summed E-state index contributed by atoms with van der Waals surface area (Å²) in [6, 6.07) is -0.354. The molecule has 0 radical (unpaired) electrons. The lowest BCUT2D eigenvalue weighted by Crippen LogP contribution is -2.41. The Balaban J connectivity index is 1.76. The van der Waals surface area contributed by atoms with Crippen LogP contribution < -0.4 is 10.6 Å². The van der Waals surface area contributed by atoms with E-state index >= 15 is 0 Å². The van der Waals surface area contributed by atoms with Gasteiger partial charge in [0.2, 0.25) is 0 Å². The van der Waals surface area contributed by atoms with Gasteiger partial charge in [-0.1, -0.05) is 12.1 Å². The van der Waals surface area contributed by atoms with E-state index in [4.69, 9.17) is 9.63 Å². The Morgan fingerprint density at radius 1 is 1.35 bits per heavy atom. The summed E-state index contributed by atoms with van der Waals surface area (Å²) in [5.74, 6) is -0.521. The van der Waals surface area contributed by atoms with E-state index in [1.807, 2.05) is 6.92 Å². The van der Waals surface area contributed by atoms with E-state index < -0.39 is 12.0 Å². The minimum Gasteiger partial charge on any atom is -0.481 e. The van der Waals surface area contributed by atoms with Crippen LogP contribution in [0.2, 0.25) is 0 Å². The third-order valence-corrected chi connectivity index (χ3v) is 3.42. The van der Waals surface area contributed by atoms with E-state index in [0.29, 0.717) is 37.9 Å². The van der Waals surface area contributed by atoms with Crippen LogP contribution in [0.4, 0.5) is 10.8 Å². The number of hydrogen-bond acceptors (Lipinski definition) is 5. The van der Waals surface area contributed by atoms with Crippen LogP contribution in [0.25, 0.3) is 0 Å². The molecular formula is C12H18N4O4. The van der Waals surface area contributed by atoms with E-state index in [0.717, 1.165) is 0 Å². The van der Waals surface area contributed by atoms with Crippen molar-refractivity contribution in [2.75, 3.05) is 5.32 Å². The maximum absolute atomic E-state index is 11.7. The normalized spacial score (nSPS) is 22.2. The van der Waals surface area contributed by atoms with Crippen molar-refractivity contribution in [2.45, 2.75) is 45.1 Å². The molecule has 1 aliphatic rings. The van der Waals surface area contributed by atoms with E-state index in [9.17, 15) is 9.59 Å². The van der Waals surface area contributed by atoms with Gasteiger partial charge in [0.15, 0.2) is 5.82 Å². The number of anilines is 1. The van der Waals surface area contributed by atoms with Crippen molar-refractivity contribution in [3.63, 3.8) is 0 Å². The molecule has 1 aliphatic carbocycles. The second-order valence-electron chi connectivity index (χ2n) is 4.85. The van der Waals surface area contributed by atoms with Gasteiger partial charge in [-0.3, -0.25) is 10.1 Å². The lowest BCUT2D eigenvalue weighted by molar-refractivity contribution is -0.142. The van der Waals surface area contributed by atoms with Crippen LogP contribution in [0, 0.1) is 5.92 Å². The third kappa shape index (κ3) is 3.69. The average molecular weight is 282 g/mol. The number of rotatable bonds is 4. The highest BCUT2D eigenvalue weighted by Crippen LogP contribution is 2.24. The van der Waals surface area contributed by atoms with Gasteiger partial charge in [0.1, 0.15) is 0 Å². The van der Waals surface area contributed by atoms with Crippen LogP contribution in [-0.2, 0) is 11.2 Å². The molecule has 0 unspecified atom stereocenters. The molecule has 3 N–H and O–H groups in total. The molecule has 8 nitrogen and oxygen atoms in total. The fraction of sp³-hybridized carbons (Fsp3) is 0.667. The Morgan fingerprint density at radius 2 is 2.05 bits per heavy atom. The fourth-order valence-corrected chi connectivity index (χ4v) is 2.25.